The molecule has 0 saturated carbocycles. The van der Waals surface area contributed by atoms with Gasteiger partial charge in [0.15, 0.2) is 5.76 Å². The smallest absolute Gasteiger partial charge is 0.287 e. The van der Waals surface area contributed by atoms with Crippen molar-refractivity contribution in [3.63, 3.8) is 0 Å². The number of nitrogens with one attached hydrogen (secondary N) is 1. The summed E-state index contributed by atoms with van der Waals surface area (Å²) in [5.41, 5.74) is 0.924. The Hall–Kier alpha value is -2.44. The van der Waals surface area contributed by atoms with Crippen LogP contribution >= 0.6 is 23.2 Å². The molecule has 1 amide bonds. The molecule has 0 saturated heterocycles. The van der Waals surface area contributed by atoms with Gasteiger partial charge in [-0.2, -0.15) is 5.10 Å². The molecule has 1 aromatic carbocycles. The van der Waals surface area contributed by atoms with Gasteiger partial charge in [-0.05, 0) is 37.3 Å². The lowest BCUT2D eigenvalue weighted by Gasteiger charge is -2.06. The topological polar surface area (TPSA) is 69.3 Å². The average Bonchev–Trinajstić information content (AvgIpc) is 3.28. The lowest BCUT2D eigenvalue weighted by Crippen LogP contribution is -2.22. The van der Waals surface area contributed by atoms with Crippen LogP contribution in [0.5, 0.6) is 5.75 Å². The molecule has 3 aromatic rings. The van der Waals surface area contributed by atoms with Crippen molar-refractivity contribution in [2.75, 3.05) is 0 Å². The number of rotatable bonds is 7. The number of nitrogens with zero attached hydrogens (tertiary/aromatic N) is 2. The normalized spacial score (nSPS) is 10.7. The maximum atomic E-state index is 12.2. The van der Waals surface area contributed by atoms with E-state index >= 15 is 0 Å². The van der Waals surface area contributed by atoms with E-state index in [4.69, 9.17) is 32.4 Å². The molecule has 0 radical (unpaired) electrons. The second kappa shape index (κ2) is 8.29. The molecule has 2 aromatic heterocycles. The molecule has 136 valence electrons. The van der Waals surface area contributed by atoms with Gasteiger partial charge in [-0.15, -0.1) is 0 Å². The van der Waals surface area contributed by atoms with Gasteiger partial charge in [-0.3, -0.25) is 9.48 Å². The molecular formula is C18H17Cl2N3O3. The second-order valence-electron chi connectivity index (χ2n) is 5.52. The number of halogens is 2. The zero-order chi connectivity index (χ0) is 18.5. The monoisotopic (exact) mass is 393 g/mol. The summed E-state index contributed by atoms with van der Waals surface area (Å²) in [5, 5.41) is 7.90. The highest BCUT2D eigenvalue weighted by Gasteiger charge is 2.12. The predicted molar refractivity (Wildman–Crippen MR) is 98.6 cm³/mol. The van der Waals surface area contributed by atoms with Crippen molar-refractivity contribution < 1.29 is 13.9 Å². The zero-order valence-corrected chi connectivity index (χ0v) is 15.5. The van der Waals surface area contributed by atoms with Crippen LogP contribution in [0.1, 0.15) is 28.8 Å². The Bertz CT molecular complexity index is 905. The van der Waals surface area contributed by atoms with Gasteiger partial charge in [-0.25, -0.2) is 0 Å². The van der Waals surface area contributed by atoms with Gasteiger partial charge in [0.25, 0.3) is 5.91 Å². The molecule has 0 aliphatic heterocycles. The van der Waals surface area contributed by atoms with E-state index in [9.17, 15) is 4.79 Å². The first-order valence-corrected chi connectivity index (χ1v) is 8.77. The molecule has 6 nitrogen and oxygen atoms in total. The minimum absolute atomic E-state index is 0.151. The quantitative estimate of drug-likeness (QED) is 0.648. The van der Waals surface area contributed by atoms with Crippen molar-refractivity contribution in [1.29, 1.82) is 0 Å². The standard InChI is InChI=1S/C18H17Cl2N3O3/c1-2-23-10-12(9-22-23)8-21-18(24)17-6-4-14(26-17)11-25-16-5-3-13(19)7-15(16)20/h3-7,9-10H,2,8,11H2,1H3,(H,21,24). The van der Waals surface area contributed by atoms with Crippen LogP contribution in [0.15, 0.2) is 47.1 Å². The van der Waals surface area contributed by atoms with Crippen LogP contribution in [0, 0.1) is 0 Å². The van der Waals surface area contributed by atoms with Gasteiger partial charge in [0.05, 0.1) is 11.2 Å². The molecule has 0 spiro atoms. The number of aryl methyl sites for hydroxylation is 1. The number of benzene rings is 1. The number of carbonyl (C=O) groups is 1. The molecule has 0 fully saturated rings. The highest BCUT2D eigenvalue weighted by molar-refractivity contribution is 6.35. The number of ether oxygens (including phenoxy) is 1. The van der Waals surface area contributed by atoms with E-state index in [1.54, 1.807) is 41.2 Å². The van der Waals surface area contributed by atoms with Crippen LogP contribution in [0.3, 0.4) is 0 Å². The van der Waals surface area contributed by atoms with Crippen molar-refractivity contribution in [3.8, 4) is 5.75 Å². The van der Waals surface area contributed by atoms with E-state index in [-0.39, 0.29) is 18.3 Å². The molecule has 0 aliphatic carbocycles. The van der Waals surface area contributed by atoms with Crippen molar-refractivity contribution in [2.24, 2.45) is 0 Å². The van der Waals surface area contributed by atoms with Crippen molar-refractivity contribution >= 4 is 29.1 Å². The fourth-order valence-electron chi connectivity index (χ4n) is 2.26. The number of amides is 1. The van der Waals surface area contributed by atoms with Gasteiger partial charge in [0, 0.05) is 29.9 Å². The van der Waals surface area contributed by atoms with Gasteiger partial charge >= 0.3 is 0 Å². The van der Waals surface area contributed by atoms with Gasteiger partial charge in [0.2, 0.25) is 0 Å². The van der Waals surface area contributed by atoms with Crippen molar-refractivity contribution in [1.82, 2.24) is 15.1 Å². The molecule has 3 rings (SSSR count). The first-order valence-electron chi connectivity index (χ1n) is 8.01. The number of carbonyl (C=O) groups excluding carboxylic acids is 1. The third-order valence-corrected chi connectivity index (χ3v) is 4.14. The highest BCUT2D eigenvalue weighted by Crippen LogP contribution is 2.28. The van der Waals surface area contributed by atoms with Crippen molar-refractivity contribution in [2.45, 2.75) is 26.6 Å². The molecule has 26 heavy (non-hydrogen) atoms. The second-order valence-corrected chi connectivity index (χ2v) is 6.36. The number of hydrogen-bond donors (Lipinski definition) is 1. The van der Waals surface area contributed by atoms with Crippen LogP contribution < -0.4 is 10.1 Å². The molecular weight excluding hydrogens is 377 g/mol. The van der Waals surface area contributed by atoms with Crippen LogP contribution in [-0.4, -0.2) is 15.7 Å². The van der Waals surface area contributed by atoms with Crippen LogP contribution in [0.2, 0.25) is 10.0 Å². The number of aromatic nitrogens is 2. The Balaban J connectivity index is 1.54. The molecule has 0 atom stereocenters. The fraction of sp³-hybridized carbons (Fsp3) is 0.222. The maximum Gasteiger partial charge on any atom is 0.287 e. The Morgan fingerprint density at radius 2 is 2.15 bits per heavy atom. The lowest BCUT2D eigenvalue weighted by atomic mass is 10.3. The Morgan fingerprint density at radius 1 is 1.31 bits per heavy atom. The minimum Gasteiger partial charge on any atom is -0.484 e. The van der Waals surface area contributed by atoms with E-state index in [0.717, 1.165) is 12.1 Å². The van der Waals surface area contributed by atoms with E-state index in [2.05, 4.69) is 10.4 Å². The summed E-state index contributed by atoms with van der Waals surface area (Å²) in [6, 6.07) is 8.25. The van der Waals surface area contributed by atoms with Crippen LogP contribution in [0.25, 0.3) is 0 Å². The summed E-state index contributed by atoms with van der Waals surface area (Å²) in [6.07, 6.45) is 3.61. The van der Waals surface area contributed by atoms with E-state index in [0.29, 0.717) is 28.1 Å². The molecule has 1 N–H and O–H groups in total. The summed E-state index contributed by atoms with van der Waals surface area (Å²) >= 11 is 11.9. The molecule has 0 bridgehead atoms. The zero-order valence-electron chi connectivity index (χ0n) is 14.0. The van der Waals surface area contributed by atoms with Gasteiger partial charge in [0.1, 0.15) is 18.1 Å². The largest absolute Gasteiger partial charge is 0.484 e. The van der Waals surface area contributed by atoms with E-state index < -0.39 is 0 Å². The molecule has 2 heterocycles. The summed E-state index contributed by atoms with van der Waals surface area (Å²) in [4.78, 5) is 12.2. The first-order chi connectivity index (χ1) is 12.5. The van der Waals surface area contributed by atoms with Crippen molar-refractivity contribution in [3.05, 3.63) is 69.9 Å². The third-order valence-electron chi connectivity index (χ3n) is 3.61. The Morgan fingerprint density at radius 3 is 2.88 bits per heavy atom. The highest BCUT2D eigenvalue weighted by atomic mass is 35.5. The minimum atomic E-state index is -0.301. The summed E-state index contributed by atoms with van der Waals surface area (Å²) < 4.78 is 12.9. The molecule has 0 aliphatic rings. The predicted octanol–water partition coefficient (Wildman–Crippen LogP) is 4.31. The fourth-order valence-corrected chi connectivity index (χ4v) is 2.72. The number of furan rings is 1. The molecule has 0 unspecified atom stereocenters. The first kappa shape index (κ1) is 18.4. The SMILES string of the molecule is CCn1cc(CNC(=O)c2ccc(COc3ccc(Cl)cc3Cl)o2)cn1. The summed E-state index contributed by atoms with van der Waals surface area (Å²) in [5.74, 6) is 0.921. The Kier molecular flexibility index (Phi) is 5.85. The van der Waals surface area contributed by atoms with Crippen LogP contribution in [-0.2, 0) is 19.7 Å². The van der Waals surface area contributed by atoms with Gasteiger partial charge in [-0.1, -0.05) is 23.2 Å². The maximum absolute atomic E-state index is 12.2. The Labute approximate surface area is 160 Å². The van der Waals surface area contributed by atoms with Gasteiger partial charge < -0.3 is 14.5 Å². The third kappa shape index (κ3) is 4.59. The summed E-state index contributed by atoms with van der Waals surface area (Å²) in [6.45, 7) is 3.32. The number of hydrogen-bond acceptors (Lipinski definition) is 4. The summed E-state index contributed by atoms with van der Waals surface area (Å²) in [7, 11) is 0. The van der Waals surface area contributed by atoms with E-state index in [1.165, 1.54) is 0 Å². The van der Waals surface area contributed by atoms with E-state index in [1.807, 2.05) is 13.1 Å². The lowest BCUT2D eigenvalue weighted by molar-refractivity contribution is 0.0919. The molecule has 8 heteroatoms. The van der Waals surface area contributed by atoms with Crippen LogP contribution in [0.4, 0.5) is 0 Å². The average molecular weight is 394 g/mol.